The number of benzene rings is 2. The molecule has 0 atom stereocenters. The van der Waals surface area contributed by atoms with Crippen molar-refractivity contribution >= 4 is 28.4 Å². The molecule has 0 spiro atoms. The van der Waals surface area contributed by atoms with Gasteiger partial charge in [0, 0.05) is 35.8 Å². The van der Waals surface area contributed by atoms with Gasteiger partial charge in [-0.3, -0.25) is 4.79 Å². The van der Waals surface area contributed by atoms with Crippen LogP contribution in [0, 0.1) is 6.92 Å². The molecular weight excluding hydrogens is 494 g/mol. The van der Waals surface area contributed by atoms with E-state index in [1.165, 1.54) is 6.33 Å². The summed E-state index contributed by atoms with van der Waals surface area (Å²) in [4.78, 5) is 29.3. The molecule has 0 fully saturated rings. The second-order valence-electron chi connectivity index (χ2n) is 9.00. The minimum atomic E-state index is -0.235. The Hall–Kier alpha value is -5.25. The van der Waals surface area contributed by atoms with E-state index in [1.807, 2.05) is 54.9 Å². The van der Waals surface area contributed by atoms with Crippen molar-refractivity contribution in [3.8, 4) is 39.9 Å². The summed E-state index contributed by atoms with van der Waals surface area (Å²) in [5.41, 5.74) is 12.4. The highest BCUT2D eigenvalue weighted by Crippen LogP contribution is 2.44. The SMILES string of the molecule is C=C(C)C(=O)Nc1ccc(-c2c(-c3ccc(Oc4nccc(C)n4)c(OC)c3)c3c(N)ncnc3n2C)cc1. The first kappa shape index (κ1) is 25.4. The lowest BCUT2D eigenvalue weighted by molar-refractivity contribution is -0.112. The van der Waals surface area contributed by atoms with Crippen molar-refractivity contribution in [2.24, 2.45) is 7.05 Å². The number of nitrogens with one attached hydrogen (secondary N) is 1. The summed E-state index contributed by atoms with van der Waals surface area (Å²) in [5, 5.41) is 3.55. The van der Waals surface area contributed by atoms with Gasteiger partial charge in [0.15, 0.2) is 11.5 Å². The number of aromatic nitrogens is 5. The molecule has 0 radical (unpaired) electrons. The third-order valence-electron chi connectivity index (χ3n) is 6.23. The van der Waals surface area contributed by atoms with Crippen molar-refractivity contribution in [3.63, 3.8) is 0 Å². The van der Waals surface area contributed by atoms with Crippen LogP contribution in [-0.2, 0) is 11.8 Å². The molecule has 1 amide bonds. The van der Waals surface area contributed by atoms with E-state index in [4.69, 9.17) is 15.2 Å². The fourth-order valence-corrected chi connectivity index (χ4v) is 4.32. The maximum absolute atomic E-state index is 12.1. The molecule has 0 bridgehead atoms. The van der Waals surface area contributed by atoms with Crippen LogP contribution in [0.15, 0.2) is 73.2 Å². The number of nitrogens with two attached hydrogens (primary N) is 1. The van der Waals surface area contributed by atoms with E-state index in [0.717, 1.165) is 28.1 Å². The quantitative estimate of drug-likeness (QED) is 0.276. The second kappa shape index (κ2) is 10.3. The highest BCUT2D eigenvalue weighted by Gasteiger charge is 2.23. The van der Waals surface area contributed by atoms with Crippen LogP contribution in [0.4, 0.5) is 11.5 Å². The zero-order chi connectivity index (χ0) is 27.7. The van der Waals surface area contributed by atoms with E-state index in [9.17, 15) is 4.79 Å². The fourth-order valence-electron chi connectivity index (χ4n) is 4.32. The van der Waals surface area contributed by atoms with Crippen LogP contribution in [0.2, 0.25) is 0 Å². The third kappa shape index (κ3) is 4.87. The number of ether oxygens (including phenoxy) is 2. The lowest BCUT2D eigenvalue weighted by Gasteiger charge is -2.13. The van der Waals surface area contributed by atoms with Gasteiger partial charge in [0.2, 0.25) is 0 Å². The molecule has 2 aromatic carbocycles. The standard InChI is InChI=1S/C29H27N7O3/c1-16(2)28(37)35-20-9-6-18(7-10-20)25-23(24-26(30)32-15-33-27(24)36(25)4)19-8-11-21(22(14-19)38-5)39-29-31-13-12-17(3)34-29/h6-15H,1H2,2-5H3,(H,35,37)(H2,30,32,33). The molecule has 10 nitrogen and oxygen atoms in total. The Morgan fingerprint density at radius 3 is 2.46 bits per heavy atom. The van der Waals surface area contributed by atoms with Crippen LogP contribution in [0.3, 0.4) is 0 Å². The van der Waals surface area contributed by atoms with Crippen LogP contribution in [-0.4, -0.2) is 37.5 Å². The average molecular weight is 522 g/mol. The third-order valence-corrected chi connectivity index (χ3v) is 6.23. The summed E-state index contributed by atoms with van der Waals surface area (Å²) < 4.78 is 13.6. The van der Waals surface area contributed by atoms with Crippen LogP contribution in [0.25, 0.3) is 33.4 Å². The molecule has 0 aliphatic carbocycles. The van der Waals surface area contributed by atoms with E-state index in [-0.39, 0.29) is 11.9 Å². The molecule has 10 heteroatoms. The summed E-state index contributed by atoms with van der Waals surface area (Å²) in [6.45, 7) is 7.21. The fraction of sp³-hybridized carbons (Fsp3) is 0.138. The first-order valence-electron chi connectivity index (χ1n) is 12.1. The number of hydrogen-bond acceptors (Lipinski definition) is 8. The molecule has 5 rings (SSSR count). The van der Waals surface area contributed by atoms with Gasteiger partial charge < -0.3 is 25.1 Å². The van der Waals surface area contributed by atoms with E-state index >= 15 is 0 Å². The van der Waals surface area contributed by atoms with Gasteiger partial charge in [-0.1, -0.05) is 24.8 Å². The molecule has 0 saturated heterocycles. The number of hydrogen-bond donors (Lipinski definition) is 2. The average Bonchev–Trinajstić information content (AvgIpc) is 3.22. The van der Waals surface area contributed by atoms with Gasteiger partial charge in [-0.05, 0) is 55.3 Å². The topological polar surface area (TPSA) is 130 Å². The number of methoxy groups -OCH3 is 1. The van der Waals surface area contributed by atoms with E-state index < -0.39 is 0 Å². The van der Waals surface area contributed by atoms with E-state index in [2.05, 4.69) is 31.8 Å². The van der Waals surface area contributed by atoms with Crippen molar-refractivity contribution < 1.29 is 14.3 Å². The van der Waals surface area contributed by atoms with E-state index in [1.54, 1.807) is 32.4 Å². The normalized spacial score (nSPS) is 10.9. The molecule has 0 aliphatic heterocycles. The van der Waals surface area contributed by atoms with Gasteiger partial charge in [0.25, 0.3) is 5.91 Å². The Balaban J connectivity index is 1.63. The molecule has 3 heterocycles. The maximum atomic E-state index is 12.1. The summed E-state index contributed by atoms with van der Waals surface area (Å²) in [7, 11) is 3.50. The van der Waals surface area contributed by atoms with Crippen molar-refractivity contribution in [2.75, 3.05) is 18.2 Å². The number of amides is 1. The Labute approximate surface area is 225 Å². The van der Waals surface area contributed by atoms with Gasteiger partial charge in [0.1, 0.15) is 17.8 Å². The predicted molar refractivity (Wildman–Crippen MR) is 151 cm³/mol. The van der Waals surface area contributed by atoms with Gasteiger partial charge >= 0.3 is 6.01 Å². The monoisotopic (exact) mass is 521 g/mol. The number of nitrogens with zero attached hydrogens (tertiary/aromatic N) is 5. The van der Waals surface area contributed by atoms with Crippen molar-refractivity contribution in [3.05, 3.63) is 78.9 Å². The molecule has 0 unspecified atom stereocenters. The minimum Gasteiger partial charge on any atom is -0.493 e. The number of anilines is 2. The molecule has 3 N–H and O–H groups in total. The number of rotatable bonds is 7. The predicted octanol–water partition coefficient (Wildman–Crippen LogP) is 5.30. The summed E-state index contributed by atoms with van der Waals surface area (Å²) >= 11 is 0. The van der Waals surface area contributed by atoms with Gasteiger partial charge in [-0.25, -0.2) is 19.9 Å². The number of fused-ring (bicyclic) bond motifs is 1. The van der Waals surface area contributed by atoms with Crippen LogP contribution < -0.4 is 20.5 Å². The largest absolute Gasteiger partial charge is 0.493 e. The minimum absolute atomic E-state index is 0.225. The Kier molecular flexibility index (Phi) is 6.68. The number of carbonyl (C=O) groups is 1. The van der Waals surface area contributed by atoms with Crippen LogP contribution in [0.1, 0.15) is 12.6 Å². The zero-order valence-electron chi connectivity index (χ0n) is 22.0. The van der Waals surface area contributed by atoms with Crippen molar-refractivity contribution in [2.45, 2.75) is 13.8 Å². The van der Waals surface area contributed by atoms with E-state index in [0.29, 0.717) is 39.6 Å². The molecule has 3 aromatic heterocycles. The first-order valence-corrected chi connectivity index (χ1v) is 12.1. The number of carbonyl (C=O) groups excluding carboxylic acids is 1. The van der Waals surface area contributed by atoms with Crippen molar-refractivity contribution in [1.82, 2.24) is 24.5 Å². The lowest BCUT2D eigenvalue weighted by atomic mass is 9.98. The summed E-state index contributed by atoms with van der Waals surface area (Å²) in [5.74, 6) is 1.08. The molecule has 0 saturated carbocycles. The molecular formula is C29H27N7O3. The Morgan fingerprint density at radius 1 is 1.03 bits per heavy atom. The van der Waals surface area contributed by atoms with Crippen LogP contribution in [0.5, 0.6) is 17.5 Å². The zero-order valence-corrected chi connectivity index (χ0v) is 22.0. The molecule has 5 aromatic rings. The Bertz CT molecular complexity index is 1730. The summed E-state index contributed by atoms with van der Waals surface area (Å²) in [6, 6.07) is 15.2. The highest BCUT2D eigenvalue weighted by atomic mass is 16.5. The smallest absolute Gasteiger partial charge is 0.322 e. The molecule has 39 heavy (non-hydrogen) atoms. The maximum Gasteiger partial charge on any atom is 0.322 e. The van der Waals surface area contributed by atoms with Gasteiger partial charge in [-0.15, -0.1) is 0 Å². The molecule has 196 valence electrons. The highest BCUT2D eigenvalue weighted by molar-refractivity contribution is 6.08. The Morgan fingerprint density at radius 2 is 1.77 bits per heavy atom. The number of aryl methyl sites for hydroxylation is 2. The summed E-state index contributed by atoms with van der Waals surface area (Å²) in [6.07, 6.45) is 3.08. The number of nitrogen functional groups attached to an aromatic ring is 1. The molecule has 0 aliphatic rings. The van der Waals surface area contributed by atoms with Gasteiger partial charge in [0.05, 0.1) is 18.2 Å². The van der Waals surface area contributed by atoms with Crippen LogP contribution >= 0.6 is 0 Å². The second-order valence-corrected chi connectivity index (χ2v) is 9.00. The van der Waals surface area contributed by atoms with Gasteiger partial charge in [-0.2, -0.15) is 0 Å². The van der Waals surface area contributed by atoms with Crippen molar-refractivity contribution in [1.29, 1.82) is 0 Å². The first-order chi connectivity index (χ1) is 18.8. The lowest BCUT2D eigenvalue weighted by Crippen LogP contribution is -2.11.